The van der Waals surface area contributed by atoms with Gasteiger partial charge in [-0.15, -0.1) is 11.8 Å². The lowest BCUT2D eigenvalue weighted by Crippen LogP contribution is -2.41. The van der Waals surface area contributed by atoms with Crippen LogP contribution in [0.25, 0.3) is 0 Å². The van der Waals surface area contributed by atoms with Gasteiger partial charge in [0.2, 0.25) is 5.91 Å². The number of hydrogen-bond donors (Lipinski definition) is 1. The van der Waals surface area contributed by atoms with E-state index in [1.165, 1.54) is 18.9 Å². The summed E-state index contributed by atoms with van der Waals surface area (Å²) >= 11 is 1.40. The minimum absolute atomic E-state index is 0.0945. The third kappa shape index (κ3) is 3.29. The second kappa shape index (κ2) is 6.92. The van der Waals surface area contributed by atoms with Crippen LogP contribution < -0.4 is 5.32 Å². The predicted octanol–water partition coefficient (Wildman–Crippen LogP) is 3.57. The largest absolute Gasteiger partial charge is 0.468 e. The molecule has 130 valence electrons. The average molecular weight is 355 g/mol. The summed E-state index contributed by atoms with van der Waals surface area (Å²) in [4.78, 5) is 26.0. The number of nitrogens with one attached hydrogen (secondary N) is 1. The Hall–Kier alpha value is -2.27. The van der Waals surface area contributed by atoms with Crippen LogP contribution in [0.3, 0.4) is 0 Å². The predicted molar refractivity (Wildman–Crippen MR) is 98.5 cm³/mol. The molecule has 2 unspecified atom stereocenters. The summed E-state index contributed by atoms with van der Waals surface area (Å²) in [7, 11) is 1.37. The third-order valence-corrected chi connectivity index (χ3v) is 5.96. The van der Waals surface area contributed by atoms with Crippen molar-refractivity contribution >= 4 is 23.6 Å². The van der Waals surface area contributed by atoms with Gasteiger partial charge in [0.15, 0.2) is 4.75 Å². The van der Waals surface area contributed by atoms with Gasteiger partial charge in [0.1, 0.15) is 0 Å². The van der Waals surface area contributed by atoms with Gasteiger partial charge in [-0.05, 0) is 37.1 Å². The molecule has 0 radical (unpaired) electrons. The Bertz CT molecular complexity index is 803. The molecule has 2 aromatic carbocycles. The molecule has 3 rings (SSSR count). The highest BCUT2D eigenvalue weighted by Crippen LogP contribution is 2.49. The van der Waals surface area contributed by atoms with Gasteiger partial charge < -0.3 is 10.1 Å². The Morgan fingerprint density at radius 1 is 1.16 bits per heavy atom. The van der Waals surface area contributed by atoms with Crippen molar-refractivity contribution in [1.82, 2.24) is 5.32 Å². The van der Waals surface area contributed by atoms with E-state index in [9.17, 15) is 9.59 Å². The molecule has 4 nitrogen and oxygen atoms in total. The fraction of sp³-hybridized carbons (Fsp3) is 0.300. The first-order valence-corrected chi connectivity index (χ1v) is 8.97. The SMILES string of the molecule is COC(=O)C1(Sc2ccc(C)cc2)CC(=O)NC1c1ccccc1C. The first-order chi connectivity index (χ1) is 12.0. The molecular weight excluding hydrogens is 334 g/mol. The molecule has 0 spiro atoms. The number of ether oxygens (including phenoxy) is 1. The number of hydrogen-bond acceptors (Lipinski definition) is 4. The Morgan fingerprint density at radius 3 is 2.48 bits per heavy atom. The molecule has 0 saturated carbocycles. The van der Waals surface area contributed by atoms with Crippen LogP contribution in [0.15, 0.2) is 53.4 Å². The quantitative estimate of drug-likeness (QED) is 0.852. The number of benzene rings is 2. The first-order valence-electron chi connectivity index (χ1n) is 8.15. The van der Waals surface area contributed by atoms with Gasteiger partial charge >= 0.3 is 5.97 Å². The molecule has 25 heavy (non-hydrogen) atoms. The summed E-state index contributed by atoms with van der Waals surface area (Å²) in [5, 5.41) is 2.99. The van der Waals surface area contributed by atoms with Gasteiger partial charge in [-0.2, -0.15) is 0 Å². The Morgan fingerprint density at radius 2 is 1.84 bits per heavy atom. The van der Waals surface area contributed by atoms with Gasteiger partial charge in [0.25, 0.3) is 0 Å². The first kappa shape index (κ1) is 17.5. The van der Waals surface area contributed by atoms with Gasteiger partial charge in [-0.25, -0.2) is 0 Å². The van der Waals surface area contributed by atoms with E-state index >= 15 is 0 Å². The van der Waals surface area contributed by atoms with E-state index in [0.29, 0.717) is 0 Å². The number of amides is 1. The number of thioether (sulfide) groups is 1. The van der Waals surface area contributed by atoms with Crippen molar-refractivity contribution in [2.24, 2.45) is 0 Å². The Balaban J connectivity index is 2.08. The van der Waals surface area contributed by atoms with Gasteiger partial charge in [0.05, 0.1) is 19.6 Å². The molecule has 1 heterocycles. The van der Waals surface area contributed by atoms with Crippen LogP contribution in [-0.4, -0.2) is 23.7 Å². The molecule has 2 atom stereocenters. The average Bonchev–Trinajstić information content (AvgIpc) is 2.94. The lowest BCUT2D eigenvalue weighted by molar-refractivity contribution is -0.144. The van der Waals surface area contributed by atoms with Crippen molar-refractivity contribution in [2.45, 2.75) is 36.0 Å². The van der Waals surface area contributed by atoms with Crippen molar-refractivity contribution in [2.75, 3.05) is 7.11 Å². The van der Waals surface area contributed by atoms with E-state index in [2.05, 4.69) is 5.32 Å². The standard InChI is InChI=1S/C20H21NO3S/c1-13-8-10-15(11-9-13)25-20(19(23)24-3)12-17(22)21-18(20)16-7-5-4-6-14(16)2/h4-11,18H,12H2,1-3H3,(H,21,22). The smallest absolute Gasteiger partial charge is 0.325 e. The maximum absolute atomic E-state index is 12.8. The molecule has 0 aromatic heterocycles. The molecule has 1 N–H and O–H groups in total. The highest BCUT2D eigenvalue weighted by molar-refractivity contribution is 8.01. The van der Waals surface area contributed by atoms with E-state index < -0.39 is 10.8 Å². The number of aryl methyl sites for hydroxylation is 2. The second-order valence-corrected chi connectivity index (χ2v) is 7.73. The van der Waals surface area contributed by atoms with E-state index in [1.807, 2.05) is 62.4 Å². The minimum atomic E-state index is -1.02. The summed E-state index contributed by atoms with van der Waals surface area (Å²) in [6.07, 6.45) is 0.0945. The second-order valence-electron chi connectivity index (χ2n) is 6.33. The van der Waals surface area contributed by atoms with Crippen LogP contribution in [0.1, 0.15) is 29.2 Å². The Kier molecular flexibility index (Phi) is 4.86. The normalized spacial score (nSPS) is 22.5. The number of rotatable bonds is 4. The number of methoxy groups -OCH3 is 1. The van der Waals surface area contributed by atoms with E-state index in [-0.39, 0.29) is 18.3 Å². The van der Waals surface area contributed by atoms with Crippen molar-refractivity contribution in [3.8, 4) is 0 Å². The molecule has 0 bridgehead atoms. The monoisotopic (exact) mass is 355 g/mol. The van der Waals surface area contributed by atoms with Crippen LogP contribution in [0.4, 0.5) is 0 Å². The maximum Gasteiger partial charge on any atom is 0.325 e. The van der Waals surface area contributed by atoms with Crippen LogP contribution in [0.2, 0.25) is 0 Å². The summed E-state index contributed by atoms with van der Waals surface area (Å²) in [5.41, 5.74) is 3.12. The maximum atomic E-state index is 12.8. The molecule has 1 aliphatic heterocycles. The molecule has 1 fully saturated rings. The topological polar surface area (TPSA) is 55.4 Å². The van der Waals surface area contributed by atoms with Gasteiger partial charge in [0, 0.05) is 4.90 Å². The number of carbonyl (C=O) groups excluding carboxylic acids is 2. The molecule has 1 amide bonds. The molecular formula is C20H21NO3S. The number of carbonyl (C=O) groups is 2. The van der Waals surface area contributed by atoms with Crippen LogP contribution in [-0.2, 0) is 14.3 Å². The van der Waals surface area contributed by atoms with E-state index in [0.717, 1.165) is 21.6 Å². The molecule has 1 aliphatic rings. The Labute approximate surface area is 152 Å². The van der Waals surface area contributed by atoms with Crippen LogP contribution in [0.5, 0.6) is 0 Å². The lowest BCUT2D eigenvalue weighted by Gasteiger charge is -2.31. The summed E-state index contributed by atoms with van der Waals surface area (Å²) < 4.78 is 4.10. The van der Waals surface area contributed by atoms with Crippen LogP contribution >= 0.6 is 11.8 Å². The van der Waals surface area contributed by atoms with E-state index in [4.69, 9.17) is 4.74 Å². The fourth-order valence-electron chi connectivity index (χ4n) is 3.22. The third-order valence-electron chi connectivity index (χ3n) is 4.55. The molecule has 0 aliphatic carbocycles. The fourth-order valence-corrected chi connectivity index (χ4v) is 4.59. The highest BCUT2D eigenvalue weighted by Gasteiger charge is 2.55. The zero-order valence-electron chi connectivity index (χ0n) is 14.5. The molecule has 5 heteroatoms. The zero-order valence-corrected chi connectivity index (χ0v) is 15.4. The molecule has 2 aromatic rings. The van der Waals surface area contributed by atoms with Crippen LogP contribution in [0, 0.1) is 13.8 Å². The van der Waals surface area contributed by atoms with E-state index in [1.54, 1.807) is 0 Å². The van der Waals surface area contributed by atoms with Crippen molar-refractivity contribution in [3.05, 3.63) is 65.2 Å². The zero-order chi connectivity index (χ0) is 18.0. The minimum Gasteiger partial charge on any atom is -0.468 e. The van der Waals surface area contributed by atoms with Gasteiger partial charge in [-0.3, -0.25) is 9.59 Å². The number of esters is 1. The highest BCUT2D eigenvalue weighted by atomic mass is 32.2. The summed E-state index contributed by atoms with van der Waals surface area (Å²) in [6, 6.07) is 15.3. The summed E-state index contributed by atoms with van der Waals surface area (Å²) in [6.45, 7) is 4.00. The lowest BCUT2D eigenvalue weighted by atomic mass is 9.90. The molecule has 1 saturated heterocycles. The van der Waals surface area contributed by atoms with Crippen molar-refractivity contribution in [1.29, 1.82) is 0 Å². The van der Waals surface area contributed by atoms with Crippen molar-refractivity contribution in [3.63, 3.8) is 0 Å². The van der Waals surface area contributed by atoms with Gasteiger partial charge in [-0.1, -0.05) is 42.0 Å². The summed E-state index contributed by atoms with van der Waals surface area (Å²) in [5.74, 6) is -0.525. The van der Waals surface area contributed by atoms with Crippen molar-refractivity contribution < 1.29 is 14.3 Å².